The molecule has 0 saturated heterocycles. The number of nitriles is 1. The summed E-state index contributed by atoms with van der Waals surface area (Å²) in [6.07, 6.45) is 1.43. The van der Waals surface area contributed by atoms with Gasteiger partial charge in [-0.15, -0.1) is 0 Å². The molecule has 0 aliphatic carbocycles. The summed E-state index contributed by atoms with van der Waals surface area (Å²) >= 11 is 3.46. The molecule has 0 amide bonds. The second-order valence-electron chi connectivity index (χ2n) is 4.85. The zero-order valence-corrected chi connectivity index (χ0v) is 13.0. The van der Waals surface area contributed by atoms with E-state index in [0.29, 0.717) is 6.42 Å². The Balaban J connectivity index is 2.24. The van der Waals surface area contributed by atoms with Crippen LogP contribution in [0, 0.1) is 11.3 Å². The maximum atomic E-state index is 9.64. The first-order valence-corrected chi connectivity index (χ1v) is 7.46. The van der Waals surface area contributed by atoms with Crippen LogP contribution in [0.2, 0.25) is 0 Å². The second kappa shape index (κ2) is 6.58. The lowest BCUT2D eigenvalue weighted by molar-refractivity contribution is 0.564. The van der Waals surface area contributed by atoms with E-state index in [2.05, 4.69) is 39.4 Å². The Hall–Kier alpha value is -1.79. The zero-order chi connectivity index (χ0) is 14.4. The Bertz CT molecular complexity index is 604. The molecule has 0 aliphatic heterocycles. The highest BCUT2D eigenvalue weighted by atomic mass is 79.9. The van der Waals surface area contributed by atoms with Crippen LogP contribution in [0.3, 0.4) is 0 Å². The summed E-state index contributed by atoms with van der Waals surface area (Å²) in [5.41, 5.74) is 1.54. The molecule has 2 rings (SSSR count). The summed E-state index contributed by atoms with van der Waals surface area (Å²) in [6.45, 7) is 2.04. The summed E-state index contributed by atoms with van der Waals surface area (Å²) in [5, 5.41) is 13.0. The Morgan fingerprint density at radius 3 is 2.50 bits per heavy atom. The topological polar surface area (TPSA) is 35.8 Å². The fourth-order valence-electron chi connectivity index (χ4n) is 2.19. The van der Waals surface area contributed by atoms with Gasteiger partial charge in [-0.2, -0.15) is 5.26 Å². The minimum atomic E-state index is -0.581. The average molecular weight is 329 g/mol. The van der Waals surface area contributed by atoms with Crippen molar-refractivity contribution in [3.05, 3.63) is 64.6 Å². The fourth-order valence-corrected chi connectivity index (χ4v) is 2.59. The maximum Gasteiger partial charge on any atom is 0.129 e. The van der Waals surface area contributed by atoms with Gasteiger partial charge in [0, 0.05) is 16.6 Å². The van der Waals surface area contributed by atoms with Gasteiger partial charge in [-0.25, -0.2) is 0 Å². The number of nitrogens with zero attached hydrogens (tertiary/aromatic N) is 1. The van der Waals surface area contributed by atoms with Crippen LogP contribution < -0.4 is 5.32 Å². The van der Waals surface area contributed by atoms with Gasteiger partial charge in [-0.3, -0.25) is 0 Å². The predicted octanol–water partition coefficient (Wildman–Crippen LogP) is 4.78. The van der Waals surface area contributed by atoms with Gasteiger partial charge in [0.05, 0.1) is 6.07 Å². The number of rotatable bonds is 5. The second-order valence-corrected chi connectivity index (χ2v) is 5.76. The third kappa shape index (κ3) is 3.61. The van der Waals surface area contributed by atoms with Crippen molar-refractivity contribution in [2.45, 2.75) is 25.3 Å². The zero-order valence-electron chi connectivity index (χ0n) is 11.4. The van der Waals surface area contributed by atoms with Crippen LogP contribution in [0.4, 0.5) is 5.69 Å². The molecule has 3 heteroatoms. The highest BCUT2D eigenvalue weighted by molar-refractivity contribution is 9.10. The molecule has 0 spiro atoms. The molecular weight excluding hydrogens is 312 g/mol. The summed E-state index contributed by atoms with van der Waals surface area (Å²) in [4.78, 5) is 0. The molecule has 0 bridgehead atoms. The van der Waals surface area contributed by atoms with Gasteiger partial charge < -0.3 is 5.32 Å². The lowest BCUT2D eigenvalue weighted by Crippen LogP contribution is -2.38. The first kappa shape index (κ1) is 14.6. The molecule has 0 aromatic heterocycles. The lowest BCUT2D eigenvalue weighted by Gasteiger charge is -2.28. The highest BCUT2D eigenvalue weighted by Gasteiger charge is 2.28. The normalized spacial score (nSPS) is 13.2. The van der Waals surface area contributed by atoms with Crippen LogP contribution in [0.15, 0.2) is 59.1 Å². The van der Waals surface area contributed by atoms with E-state index in [4.69, 9.17) is 0 Å². The molecule has 0 fully saturated rings. The van der Waals surface area contributed by atoms with Crippen molar-refractivity contribution in [2.24, 2.45) is 0 Å². The van der Waals surface area contributed by atoms with Gasteiger partial charge in [0.25, 0.3) is 0 Å². The van der Waals surface area contributed by atoms with Crippen molar-refractivity contribution in [1.29, 1.82) is 5.26 Å². The molecule has 0 aliphatic rings. The molecule has 2 aromatic carbocycles. The van der Waals surface area contributed by atoms with Gasteiger partial charge in [0.2, 0.25) is 0 Å². The number of benzene rings is 2. The monoisotopic (exact) mass is 328 g/mol. The smallest absolute Gasteiger partial charge is 0.129 e. The van der Waals surface area contributed by atoms with Gasteiger partial charge in [0.15, 0.2) is 0 Å². The Kier molecular flexibility index (Phi) is 4.81. The van der Waals surface area contributed by atoms with Crippen LogP contribution in [-0.4, -0.2) is 5.54 Å². The standard InChI is InChI=1S/C17H17BrN2/c1-2-17(13-19,12-14-7-4-3-5-8-14)20-16-10-6-9-15(18)11-16/h3-11,20H,2,12H2,1H3. The fraction of sp³-hybridized carbons (Fsp3) is 0.235. The molecule has 1 N–H and O–H groups in total. The Morgan fingerprint density at radius 2 is 1.90 bits per heavy atom. The van der Waals surface area contributed by atoms with E-state index in [1.165, 1.54) is 5.56 Å². The minimum Gasteiger partial charge on any atom is -0.367 e. The predicted molar refractivity (Wildman–Crippen MR) is 86.5 cm³/mol. The van der Waals surface area contributed by atoms with Crippen molar-refractivity contribution in [3.8, 4) is 6.07 Å². The highest BCUT2D eigenvalue weighted by Crippen LogP contribution is 2.25. The van der Waals surface area contributed by atoms with Crippen molar-refractivity contribution in [2.75, 3.05) is 5.32 Å². The van der Waals surface area contributed by atoms with Gasteiger partial charge in [-0.05, 0) is 30.2 Å². The molecule has 0 heterocycles. The maximum absolute atomic E-state index is 9.64. The summed E-state index contributed by atoms with van der Waals surface area (Å²) in [7, 11) is 0. The van der Waals surface area contributed by atoms with E-state index < -0.39 is 5.54 Å². The molecule has 1 atom stereocenters. The number of hydrogen-bond acceptors (Lipinski definition) is 2. The number of nitrogens with one attached hydrogen (secondary N) is 1. The van der Waals surface area contributed by atoms with Crippen molar-refractivity contribution in [3.63, 3.8) is 0 Å². The van der Waals surface area contributed by atoms with Gasteiger partial charge >= 0.3 is 0 Å². The summed E-state index contributed by atoms with van der Waals surface area (Å²) in [5.74, 6) is 0. The van der Waals surface area contributed by atoms with Crippen LogP contribution in [-0.2, 0) is 6.42 Å². The first-order chi connectivity index (χ1) is 9.67. The Labute approximate surface area is 128 Å². The third-order valence-electron chi connectivity index (χ3n) is 3.37. The van der Waals surface area contributed by atoms with Crippen molar-refractivity contribution in [1.82, 2.24) is 0 Å². The van der Waals surface area contributed by atoms with Crippen LogP contribution in [0.5, 0.6) is 0 Å². The summed E-state index contributed by atoms with van der Waals surface area (Å²) in [6, 6.07) is 20.5. The molecule has 2 nitrogen and oxygen atoms in total. The molecule has 0 radical (unpaired) electrons. The van der Waals surface area contributed by atoms with Crippen LogP contribution in [0.1, 0.15) is 18.9 Å². The molecule has 20 heavy (non-hydrogen) atoms. The summed E-state index contributed by atoms with van der Waals surface area (Å²) < 4.78 is 1.00. The van der Waals surface area contributed by atoms with Crippen LogP contribution in [0.25, 0.3) is 0 Å². The van der Waals surface area contributed by atoms with E-state index in [1.54, 1.807) is 0 Å². The van der Waals surface area contributed by atoms with Crippen LogP contribution >= 0.6 is 15.9 Å². The Morgan fingerprint density at radius 1 is 1.15 bits per heavy atom. The lowest BCUT2D eigenvalue weighted by atomic mass is 9.89. The minimum absolute atomic E-state index is 0.581. The number of anilines is 1. The van der Waals surface area contributed by atoms with E-state index in [9.17, 15) is 5.26 Å². The molecule has 102 valence electrons. The molecule has 0 saturated carbocycles. The average Bonchev–Trinajstić information content (AvgIpc) is 2.47. The quantitative estimate of drug-likeness (QED) is 0.857. The molecular formula is C17H17BrN2. The van der Waals surface area contributed by atoms with E-state index >= 15 is 0 Å². The first-order valence-electron chi connectivity index (χ1n) is 6.66. The van der Waals surface area contributed by atoms with Gasteiger partial charge in [0.1, 0.15) is 5.54 Å². The molecule has 1 unspecified atom stereocenters. The SMILES string of the molecule is CCC(C#N)(Cc1ccccc1)Nc1cccc(Br)c1. The third-order valence-corrected chi connectivity index (χ3v) is 3.87. The van der Waals surface area contributed by atoms with Crippen molar-refractivity contribution < 1.29 is 0 Å². The molecule has 2 aromatic rings. The van der Waals surface area contributed by atoms with E-state index in [-0.39, 0.29) is 0 Å². The van der Waals surface area contributed by atoms with E-state index in [1.807, 2.05) is 49.4 Å². The largest absolute Gasteiger partial charge is 0.367 e. The van der Waals surface area contributed by atoms with Crippen molar-refractivity contribution >= 4 is 21.6 Å². The van der Waals surface area contributed by atoms with Gasteiger partial charge in [-0.1, -0.05) is 59.3 Å². The number of halogens is 1. The van der Waals surface area contributed by atoms with E-state index in [0.717, 1.165) is 16.6 Å². The number of hydrogen-bond donors (Lipinski definition) is 1.